The van der Waals surface area contributed by atoms with Crippen LogP contribution in [0.15, 0.2) is 81.7 Å². The number of para-hydroxylation sites is 2. The summed E-state index contributed by atoms with van der Waals surface area (Å²) in [6.45, 7) is 1.78. The first-order valence-electron chi connectivity index (χ1n) is 8.97. The second kappa shape index (κ2) is 8.37. The molecule has 0 aliphatic carbocycles. The fourth-order valence-corrected chi connectivity index (χ4v) is 3.77. The summed E-state index contributed by atoms with van der Waals surface area (Å²) in [5.74, 6) is 0.828. The average Bonchev–Trinajstić information content (AvgIpc) is 2.97. The lowest BCUT2D eigenvalue weighted by Crippen LogP contribution is -2.27. The molecule has 1 heterocycles. The number of hydrogen-bond acceptors (Lipinski definition) is 2. The SMILES string of the molecule is N=c1n(CCOc2ccc(Br)cc2)c2ccccc2n1Cc1ccc(Br)cc1. The highest BCUT2D eigenvalue weighted by molar-refractivity contribution is 9.10. The Morgan fingerprint density at radius 2 is 1.32 bits per heavy atom. The minimum atomic E-state index is 0.475. The number of nitrogens with one attached hydrogen (secondary N) is 1. The number of aromatic nitrogens is 2. The van der Waals surface area contributed by atoms with Crippen LogP contribution in [-0.4, -0.2) is 15.7 Å². The van der Waals surface area contributed by atoms with Crippen molar-refractivity contribution >= 4 is 42.9 Å². The Morgan fingerprint density at radius 3 is 1.96 bits per heavy atom. The molecule has 0 spiro atoms. The maximum Gasteiger partial charge on any atom is 0.203 e. The van der Waals surface area contributed by atoms with E-state index in [1.165, 1.54) is 0 Å². The van der Waals surface area contributed by atoms with Crippen LogP contribution in [0.2, 0.25) is 0 Å². The van der Waals surface area contributed by atoms with Crippen molar-refractivity contribution in [1.82, 2.24) is 9.13 Å². The molecule has 0 radical (unpaired) electrons. The molecule has 1 aromatic heterocycles. The summed E-state index contributed by atoms with van der Waals surface area (Å²) < 4.78 is 12.0. The van der Waals surface area contributed by atoms with Crippen LogP contribution in [0, 0.1) is 5.41 Å². The third kappa shape index (κ3) is 4.08. The van der Waals surface area contributed by atoms with E-state index in [4.69, 9.17) is 10.1 Å². The summed E-state index contributed by atoms with van der Waals surface area (Å²) in [7, 11) is 0. The molecule has 4 aromatic rings. The molecule has 1 N–H and O–H groups in total. The molecule has 3 aromatic carbocycles. The van der Waals surface area contributed by atoms with E-state index >= 15 is 0 Å². The molecule has 0 aliphatic heterocycles. The highest BCUT2D eigenvalue weighted by Gasteiger charge is 2.11. The van der Waals surface area contributed by atoms with Crippen molar-refractivity contribution in [3.05, 3.63) is 92.9 Å². The molecule has 142 valence electrons. The van der Waals surface area contributed by atoms with Gasteiger partial charge in [-0.3, -0.25) is 5.41 Å². The van der Waals surface area contributed by atoms with E-state index in [1.807, 2.05) is 57.7 Å². The van der Waals surface area contributed by atoms with Crippen LogP contribution in [0.3, 0.4) is 0 Å². The maximum absolute atomic E-state index is 8.73. The number of halogens is 2. The Morgan fingerprint density at radius 1 is 0.750 bits per heavy atom. The molecule has 0 saturated carbocycles. The van der Waals surface area contributed by atoms with Gasteiger partial charge < -0.3 is 13.9 Å². The van der Waals surface area contributed by atoms with E-state index in [9.17, 15) is 0 Å². The van der Waals surface area contributed by atoms with Gasteiger partial charge in [-0.15, -0.1) is 0 Å². The van der Waals surface area contributed by atoms with E-state index in [1.54, 1.807) is 0 Å². The molecule has 4 nitrogen and oxygen atoms in total. The molecule has 0 unspecified atom stereocenters. The van der Waals surface area contributed by atoms with E-state index in [2.05, 4.69) is 56.1 Å². The van der Waals surface area contributed by atoms with Gasteiger partial charge in [0.2, 0.25) is 5.62 Å². The number of nitrogens with zero attached hydrogens (tertiary/aromatic N) is 2. The van der Waals surface area contributed by atoms with Crippen LogP contribution in [0.4, 0.5) is 0 Å². The normalized spacial score (nSPS) is 11.1. The first kappa shape index (κ1) is 19.0. The minimum Gasteiger partial charge on any atom is -0.492 e. The smallest absolute Gasteiger partial charge is 0.203 e. The molecule has 0 bridgehead atoms. The van der Waals surface area contributed by atoms with Crippen LogP contribution in [0.25, 0.3) is 11.0 Å². The number of fused-ring (bicyclic) bond motifs is 1. The lowest BCUT2D eigenvalue weighted by Gasteiger charge is -2.08. The molecule has 4 rings (SSSR count). The minimum absolute atomic E-state index is 0.475. The monoisotopic (exact) mass is 499 g/mol. The van der Waals surface area contributed by atoms with Crippen LogP contribution >= 0.6 is 31.9 Å². The molecule has 0 amide bonds. The highest BCUT2D eigenvalue weighted by atomic mass is 79.9. The van der Waals surface area contributed by atoms with Crippen molar-refractivity contribution in [2.45, 2.75) is 13.1 Å². The largest absolute Gasteiger partial charge is 0.492 e. The molecular weight excluding hydrogens is 482 g/mol. The average molecular weight is 501 g/mol. The molecule has 0 saturated heterocycles. The third-order valence-corrected chi connectivity index (χ3v) is 5.68. The Bertz CT molecular complexity index is 1150. The second-order valence-corrected chi connectivity index (χ2v) is 8.31. The fourth-order valence-electron chi connectivity index (χ4n) is 3.24. The van der Waals surface area contributed by atoms with Crippen molar-refractivity contribution in [3.63, 3.8) is 0 Å². The van der Waals surface area contributed by atoms with E-state index in [0.717, 1.165) is 31.3 Å². The Hall–Kier alpha value is -2.31. The lowest BCUT2D eigenvalue weighted by atomic mass is 10.2. The van der Waals surface area contributed by atoms with Gasteiger partial charge in [0.25, 0.3) is 0 Å². The summed E-state index contributed by atoms with van der Waals surface area (Å²) in [6, 6.07) is 24.2. The zero-order valence-corrected chi connectivity index (χ0v) is 18.3. The van der Waals surface area contributed by atoms with Crippen molar-refractivity contribution < 1.29 is 4.74 Å². The van der Waals surface area contributed by atoms with Gasteiger partial charge in [0.05, 0.1) is 24.1 Å². The number of benzene rings is 3. The van der Waals surface area contributed by atoms with Crippen molar-refractivity contribution in [3.8, 4) is 5.75 Å². The summed E-state index contributed by atoms with van der Waals surface area (Å²) in [5, 5.41) is 8.73. The first-order chi connectivity index (χ1) is 13.6. The van der Waals surface area contributed by atoms with Gasteiger partial charge in [0, 0.05) is 8.95 Å². The third-order valence-electron chi connectivity index (χ3n) is 4.63. The van der Waals surface area contributed by atoms with Crippen LogP contribution in [-0.2, 0) is 13.1 Å². The van der Waals surface area contributed by atoms with E-state index in [0.29, 0.717) is 25.3 Å². The van der Waals surface area contributed by atoms with Crippen LogP contribution in [0.5, 0.6) is 5.75 Å². The van der Waals surface area contributed by atoms with Crippen LogP contribution in [0.1, 0.15) is 5.56 Å². The molecule has 0 aliphatic rings. The molecule has 0 fully saturated rings. The number of ether oxygens (including phenoxy) is 1. The van der Waals surface area contributed by atoms with Crippen molar-refractivity contribution in [2.24, 2.45) is 0 Å². The van der Waals surface area contributed by atoms with Crippen molar-refractivity contribution in [1.29, 1.82) is 5.41 Å². The summed E-state index contributed by atoms with van der Waals surface area (Å²) in [6.07, 6.45) is 0. The Kier molecular flexibility index (Phi) is 5.69. The number of hydrogen-bond donors (Lipinski definition) is 1. The predicted molar refractivity (Wildman–Crippen MR) is 119 cm³/mol. The van der Waals surface area contributed by atoms with Gasteiger partial charge >= 0.3 is 0 Å². The zero-order valence-electron chi connectivity index (χ0n) is 15.1. The topological polar surface area (TPSA) is 42.9 Å². The van der Waals surface area contributed by atoms with Gasteiger partial charge in [0.1, 0.15) is 12.4 Å². The molecule has 0 atom stereocenters. The Balaban J connectivity index is 1.59. The molecule has 28 heavy (non-hydrogen) atoms. The lowest BCUT2D eigenvalue weighted by molar-refractivity contribution is 0.296. The fraction of sp³-hybridized carbons (Fsp3) is 0.136. The number of imidazole rings is 1. The Labute approximate surface area is 180 Å². The summed E-state index contributed by atoms with van der Waals surface area (Å²) in [5.41, 5.74) is 3.74. The van der Waals surface area contributed by atoms with Gasteiger partial charge in [-0.25, -0.2) is 0 Å². The highest BCUT2D eigenvalue weighted by Crippen LogP contribution is 2.18. The zero-order chi connectivity index (χ0) is 19.5. The van der Waals surface area contributed by atoms with Gasteiger partial charge in [-0.1, -0.05) is 56.1 Å². The standard InChI is InChI=1S/C22H19Br2N3O/c23-17-7-5-16(6-8-17)15-27-21-4-2-1-3-20(21)26(22(27)25)13-14-28-19-11-9-18(24)10-12-19/h1-12,25H,13-15H2. The number of rotatable bonds is 6. The molecule has 6 heteroatoms. The van der Waals surface area contributed by atoms with Crippen molar-refractivity contribution in [2.75, 3.05) is 6.61 Å². The van der Waals surface area contributed by atoms with Gasteiger partial charge in [0.15, 0.2) is 0 Å². The second-order valence-electron chi connectivity index (χ2n) is 6.48. The van der Waals surface area contributed by atoms with E-state index < -0.39 is 0 Å². The van der Waals surface area contributed by atoms with Gasteiger partial charge in [-0.2, -0.15) is 0 Å². The van der Waals surface area contributed by atoms with Gasteiger partial charge in [-0.05, 0) is 54.1 Å². The first-order valence-corrected chi connectivity index (χ1v) is 10.6. The van der Waals surface area contributed by atoms with E-state index in [-0.39, 0.29) is 0 Å². The summed E-state index contributed by atoms with van der Waals surface area (Å²) in [4.78, 5) is 0. The van der Waals surface area contributed by atoms with Crippen LogP contribution < -0.4 is 10.4 Å². The summed E-state index contributed by atoms with van der Waals surface area (Å²) >= 11 is 6.91. The maximum atomic E-state index is 8.73. The quantitative estimate of drug-likeness (QED) is 0.369. The molecular formula is C22H19Br2N3O. The predicted octanol–water partition coefficient (Wildman–Crippen LogP) is 5.57.